The predicted octanol–water partition coefficient (Wildman–Crippen LogP) is 2.33. The molecule has 0 bridgehead atoms. The van der Waals surface area contributed by atoms with E-state index in [-0.39, 0.29) is 5.92 Å². The number of aliphatic hydroxyl groups excluding tert-OH is 1. The molecular formula is C11H20O2. The molecule has 1 aliphatic rings. The van der Waals surface area contributed by atoms with Gasteiger partial charge in [-0.05, 0) is 30.8 Å². The molecule has 0 radical (unpaired) electrons. The van der Waals surface area contributed by atoms with Crippen LogP contribution >= 0.6 is 0 Å². The van der Waals surface area contributed by atoms with Crippen LogP contribution in [0.1, 0.15) is 33.6 Å². The Hall–Kier alpha value is -0.500. The van der Waals surface area contributed by atoms with E-state index in [4.69, 9.17) is 4.74 Å². The third-order valence-corrected chi connectivity index (χ3v) is 2.80. The number of aliphatic hydroxyl groups is 1. The summed E-state index contributed by atoms with van der Waals surface area (Å²) >= 11 is 0. The summed E-state index contributed by atoms with van der Waals surface area (Å²) in [5, 5.41) is 9.92. The summed E-state index contributed by atoms with van der Waals surface area (Å²) in [6.07, 6.45) is 3.72. The van der Waals surface area contributed by atoms with Gasteiger partial charge in [-0.15, -0.1) is 0 Å². The second-order valence-corrected chi connectivity index (χ2v) is 4.15. The van der Waals surface area contributed by atoms with Gasteiger partial charge in [0.1, 0.15) is 11.9 Å². The molecule has 0 aromatic carbocycles. The van der Waals surface area contributed by atoms with Crippen molar-refractivity contribution in [1.29, 1.82) is 0 Å². The van der Waals surface area contributed by atoms with Crippen LogP contribution in [0, 0.1) is 11.8 Å². The molecule has 0 spiro atoms. The summed E-state index contributed by atoms with van der Waals surface area (Å²) in [4.78, 5) is 0. The molecule has 0 aromatic rings. The van der Waals surface area contributed by atoms with Crippen molar-refractivity contribution < 1.29 is 9.84 Å². The molecule has 0 amide bonds. The largest absolute Gasteiger partial charge is 0.495 e. The van der Waals surface area contributed by atoms with E-state index in [1.54, 1.807) is 0 Å². The highest BCUT2D eigenvalue weighted by atomic mass is 16.5. The van der Waals surface area contributed by atoms with Crippen molar-refractivity contribution in [3.8, 4) is 0 Å². The minimum Gasteiger partial charge on any atom is -0.495 e. The smallest absolute Gasteiger partial charge is 0.121 e. The molecule has 76 valence electrons. The monoisotopic (exact) mass is 184 g/mol. The summed E-state index contributed by atoms with van der Waals surface area (Å²) in [5.41, 5.74) is 0. The fraction of sp³-hybridized carbons (Fsp3) is 0.818. The van der Waals surface area contributed by atoms with Crippen molar-refractivity contribution in [1.82, 2.24) is 0 Å². The molecule has 1 rings (SSSR count). The molecule has 1 heterocycles. The Balaban J connectivity index is 2.54. The van der Waals surface area contributed by atoms with E-state index in [1.165, 1.54) is 0 Å². The number of hydrogen-bond acceptors (Lipinski definition) is 2. The molecule has 0 aliphatic carbocycles. The molecule has 0 saturated heterocycles. The van der Waals surface area contributed by atoms with Crippen molar-refractivity contribution in [2.75, 3.05) is 6.61 Å². The van der Waals surface area contributed by atoms with Crippen LogP contribution < -0.4 is 0 Å². The second kappa shape index (κ2) is 4.66. The Morgan fingerprint density at radius 3 is 2.54 bits per heavy atom. The van der Waals surface area contributed by atoms with Crippen LogP contribution in [0.5, 0.6) is 0 Å². The normalized spacial score (nSPS) is 22.1. The molecular weight excluding hydrogens is 164 g/mol. The van der Waals surface area contributed by atoms with Crippen LogP contribution in [0.4, 0.5) is 0 Å². The number of rotatable bonds is 3. The zero-order valence-electron chi connectivity index (χ0n) is 8.79. The molecule has 0 fully saturated rings. The standard InChI is InChI=1S/C11H20O2/c1-8(2)9(3)11(12)10-6-4-5-7-13-10/h6,8-9,11-12H,4-5,7H2,1-3H3. The van der Waals surface area contributed by atoms with E-state index >= 15 is 0 Å². The van der Waals surface area contributed by atoms with Gasteiger partial charge >= 0.3 is 0 Å². The van der Waals surface area contributed by atoms with E-state index in [2.05, 4.69) is 20.8 Å². The zero-order valence-corrected chi connectivity index (χ0v) is 8.79. The van der Waals surface area contributed by atoms with Crippen molar-refractivity contribution in [2.24, 2.45) is 11.8 Å². The topological polar surface area (TPSA) is 29.5 Å². The fourth-order valence-electron chi connectivity index (χ4n) is 1.41. The van der Waals surface area contributed by atoms with E-state index in [1.807, 2.05) is 6.08 Å². The molecule has 2 atom stereocenters. The molecule has 1 N–H and O–H groups in total. The van der Waals surface area contributed by atoms with Gasteiger partial charge in [0.25, 0.3) is 0 Å². The minimum absolute atomic E-state index is 0.268. The third kappa shape index (κ3) is 2.73. The van der Waals surface area contributed by atoms with E-state index in [0.29, 0.717) is 5.92 Å². The zero-order chi connectivity index (χ0) is 9.84. The molecule has 2 nitrogen and oxygen atoms in total. The molecule has 2 heteroatoms. The second-order valence-electron chi connectivity index (χ2n) is 4.15. The van der Waals surface area contributed by atoms with Crippen molar-refractivity contribution in [3.63, 3.8) is 0 Å². The van der Waals surface area contributed by atoms with Gasteiger partial charge in [-0.3, -0.25) is 0 Å². The van der Waals surface area contributed by atoms with Crippen LogP contribution in [-0.4, -0.2) is 17.8 Å². The number of ether oxygens (including phenoxy) is 1. The Labute approximate surface area is 80.6 Å². The highest BCUT2D eigenvalue weighted by Gasteiger charge is 2.23. The lowest BCUT2D eigenvalue weighted by Gasteiger charge is -2.26. The Morgan fingerprint density at radius 2 is 2.08 bits per heavy atom. The maximum atomic E-state index is 9.92. The van der Waals surface area contributed by atoms with Crippen LogP contribution in [0.15, 0.2) is 11.8 Å². The lowest BCUT2D eigenvalue weighted by molar-refractivity contribution is 0.0462. The van der Waals surface area contributed by atoms with Gasteiger partial charge in [-0.2, -0.15) is 0 Å². The molecule has 0 saturated carbocycles. The van der Waals surface area contributed by atoms with Crippen LogP contribution in [0.3, 0.4) is 0 Å². The SMILES string of the molecule is CC(C)C(C)C(O)C1=CCCCO1. The summed E-state index contributed by atoms with van der Waals surface area (Å²) in [7, 11) is 0. The average Bonchev–Trinajstić information content (AvgIpc) is 2.17. The summed E-state index contributed by atoms with van der Waals surface area (Å²) in [6.45, 7) is 7.07. The molecule has 1 aliphatic heterocycles. The maximum absolute atomic E-state index is 9.92. The lowest BCUT2D eigenvalue weighted by atomic mass is 9.90. The number of allylic oxidation sites excluding steroid dienone is 1. The van der Waals surface area contributed by atoms with Crippen molar-refractivity contribution in [2.45, 2.75) is 39.7 Å². The van der Waals surface area contributed by atoms with E-state index < -0.39 is 6.10 Å². The first-order chi connectivity index (χ1) is 6.13. The Morgan fingerprint density at radius 1 is 1.38 bits per heavy atom. The highest BCUT2D eigenvalue weighted by Crippen LogP contribution is 2.23. The first-order valence-electron chi connectivity index (χ1n) is 5.14. The van der Waals surface area contributed by atoms with Gasteiger partial charge in [-0.1, -0.05) is 20.8 Å². The van der Waals surface area contributed by atoms with Crippen molar-refractivity contribution in [3.05, 3.63) is 11.8 Å². The molecule has 2 unspecified atom stereocenters. The Kier molecular flexibility index (Phi) is 3.79. The third-order valence-electron chi connectivity index (χ3n) is 2.80. The van der Waals surface area contributed by atoms with Crippen LogP contribution in [0.25, 0.3) is 0 Å². The summed E-state index contributed by atoms with van der Waals surface area (Å²) in [6, 6.07) is 0. The predicted molar refractivity (Wildman–Crippen MR) is 53.3 cm³/mol. The first kappa shape index (κ1) is 10.6. The Bertz CT molecular complexity index is 185. The van der Waals surface area contributed by atoms with E-state index in [9.17, 15) is 5.11 Å². The average molecular weight is 184 g/mol. The van der Waals surface area contributed by atoms with Gasteiger partial charge in [0.05, 0.1) is 6.61 Å². The minimum atomic E-state index is -0.416. The van der Waals surface area contributed by atoms with Gasteiger partial charge in [0, 0.05) is 0 Å². The molecule has 0 aromatic heterocycles. The number of hydrogen-bond donors (Lipinski definition) is 1. The lowest BCUT2D eigenvalue weighted by Crippen LogP contribution is -2.27. The summed E-state index contributed by atoms with van der Waals surface area (Å²) in [5.74, 6) is 1.54. The van der Waals surface area contributed by atoms with Gasteiger partial charge < -0.3 is 9.84 Å². The van der Waals surface area contributed by atoms with Crippen LogP contribution in [-0.2, 0) is 4.74 Å². The van der Waals surface area contributed by atoms with Gasteiger partial charge in [0.15, 0.2) is 0 Å². The van der Waals surface area contributed by atoms with E-state index in [0.717, 1.165) is 25.2 Å². The highest BCUT2D eigenvalue weighted by molar-refractivity contribution is 5.03. The van der Waals surface area contributed by atoms with Crippen molar-refractivity contribution >= 4 is 0 Å². The maximum Gasteiger partial charge on any atom is 0.121 e. The van der Waals surface area contributed by atoms with Gasteiger partial charge in [0.2, 0.25) is 0 Å². The van der Waals surface area contributed by atoms with Crippen LogP contribution in [0.2, 0.25) is 0 Å². The first-order valence-corrected chi connectivity index (χ1v) is 5.14. The summed E-state index contributed by atoms with van der Waals surface area (Å²) < 4.78 is 5.42. The quantitative estimate of drug-likeness (QED) is 0.729. The fourth-order valence-corrected chi connectivity index (χ4v) is 1.41. The molecule has 13 heavy (non-hydrogen) atoms. The van der Waals surface area contributed by atoms with Gasteiger partial charge in [-0.25, -0.2) is 0 Å².